The van der Waals surface area contributed by atoms with E-state index in [4.69, 9.17) is 0 Å². The van der Waals surface area contributed by atoms with Gasteiger partial charge in [0, 0.05) is 18.1 Å². The zero-order valence-electron chi connectivity index (χ0n) is 13.0. The third-order valence-corrected chi connectivity index (χ3v) is 4.81. The Kier molecular flexibility index (Phi) is 5.19. The fourth-order valence-electron chi connectivity index (χ4n) is 3.21. The number of benzene rings is 1. The Labute approximate surface area is 123 Å². The predicted octanol–water partition coefficient (Wildman–Crippen LogP) is 2.22. The van der Waals surface area contributed by atoms with Gasteiger partial charge < -0.3 is 10.4 Å². The van der Waals surface area contributed by atoms with Crippen molar-refractivity contribution < 1.29 is 5.11 Å². The van der Waals surface area contributed by atoms with E-state index in [1.165, 1.54) is 12.0 Å². The molecule has 0 spiro atoms. The molecule has 0 amide bonds. The lowest BCUT2D eigenvalue weighted by atomic mass is 9.94. The minimum absolute atomic E-state index is 0.176. The summed E-state index contributed by atoms with van der Waals surface area (Å²) in [4.78, 5) is 2.56. The smallest absolute Gasteiger partial charge is 0.0611 e. The molecule has 0 saturated carbocycles. The second-order valence-corrected chi connectivity index (χ2v) is 6.41. The monoisotopic (exact) mass is 276 g/mol. The van der Waals surface area contributed by atoms with Crippen LogP contribution in [0.5, 0.6) is 0 Å². The Bertz CT molecular complexity index is 403. The first-order valence-corrected chi connectivity index (χ1v) is 7.67. The van der Waals surface area contributed by atoms with Crippen molar-refractivity contribution in [2.24, 2.45) is 0 Å². The van der Waals surface area contributed by atoms with Gasteiger partial charge in [-0.15, -0.1) is 0 Å². The maximum absolute atomic E-state index is 9.53. The van der Waals surface area contributed by atoms with E-state index in [2.05, 4.69) is 54.4 Å². The van der Waals surface area contributed by atoms with Crippen molar-refractivity contribution in [3.8, 4) is 0 Å². The lowest BCUT2D eigenvalue weighted by Gasteiger charge is -2.34. The SMILES string of the molecule is CNC(C)(CO)CC(C)N1CCC(c2ccccc2)C1. The molecular formula is C17H28N2O. The average molecular weight is 276 g/mol. The molecule has 1 fully saturated rings. The van der Waals surface area contributed by atoms with Gasteiger partial charge in [-0.25, -0.2) is 0 Å². The maximum atomic E-state index is 9.53. The Hall–Kier alpha value is -0.900. The highest BCUT2D eigenvalue weighted by atomic mass is 16.3. The first-order valence-electron chi connectivity index (χ1n) is 7.67. The van der Waals surface area contributed by atoms with Crippen LogP contribution >= 0.6 is 0 Å². The lowest BCUT2D eigenvalue weighted by Crippen LogP contribution is -2.48. The van der Waals surface area contributed by atoms with Crippen molar-refractivity contribution in [1.29, 1.82) is 0 Å². The van der Waals surface area contributed by atoms with E-state index >= 15 is 0 Å². The van der Waals surface area contributed by atoms with Gasteiger partial charge in [0.1, 0.15) is 0 Å². The fourth-order valence-corrected chi connectivity index (χ4v) is 3.21. The molecule has 3 nitrogen and oxygen atoms in total. The molecule has 1 aliphatic heterocycles. The van der Waals surface area contributed by atoms with Gasteiger partial charge in [-0.05, 0) is 51.8 Å². The number of likely N-dealkylation sites (tertiary alicyclic amines) is 1. The lowest BCUT2D eigenvalue weighted by molar-refractivity contribution is 0.131. The van der Waals surface area contributed by atoms with E-state index in [0.717, 1.165) is 19.5 Å². The molecule has 3 heteroatoms. The molecule has 0 aliphatic carbocycles. The third-order valence-electron chi connectivity index (χ3n) is 4.81. The van der Waals surface area contributed by atoms with Crippen molar-refractivity contribution in [3.05, 3.63) is 35.9 Å². The molecule has 0 aromatic heterocycles. The van der Waals surface area contributed by atoms with Crippen LogP contribution in [0.2, 0.25) is 0 Å². The van der Waals surface area contributed by atoms with Gasteiger partial charge >= 0.3 is 0 Å². The normalized spacial score (nSPS) is 24.5. The predicted molar refractivity (Wildman–Crippen MR) is 84.0 cm³/mol. The van der Waals surface area contributed by atoms with Gasteiger partial charge in [-0.3, -0.25) is 4.90 Å². The summed E-state index contributed by atoms with van der Waals surface area (Å²) in [5.74, 6) is 0.661. The average Bonchev–Trinajstić information content (AvgIpc) is 2.98. The number of likely N-dealkylation sites (N-methyl/N-ethyl adjacent to an activating group) is 1. The molecule has 3 unspecified atom stereocenters. The number of aliphatic hydroxyl groups excluding tert-OH is 1. The van der Waals surface area contributed by atoms with Gasteiger partial charge in [0.25, 0.3) is 0 Å². The van der Waals surface area contributed by atoms with Crippen LogP contribution in [0.25, 0.3) is 0 Å². The number of hydrogen-bond acceptors (Lipinski definition) is 3. The standard InChI is InChI=1S/C17H28N2O/c1-14(11-17(2,13-20)18-3)19-10-9-16(12-19)15-7-5-4-6-8-15/h4-8,14,16,18,20H,9-13H2,1-3H3. The van der Waals surface area contributed by atoms with Gasteiger partial charge in [0.15, 0.2) is 0 Å². The molecule has 0 bridgehead atoms. The van der Waals surface area contributed by atoms with E-state index in [1.807, 2.05) is 7.05 Å². The summed E-state index contributed by atoms with van der Waals surface area (Å²) < 4.78 is 0. The summed E-state index contributed by atoms with van der Waals surface area (Å²) in [6.45, 7) is 6.85. The highest BCUT2D eigenvalue weighted by Crippen LogP contribution is 2.29. The molecule has 2 N–H and O–H groups in total. The van der Waals surface area contributed by atoms with Crippen LogP contribution in [0.1, 0.15) is 38.2 Å². The van der Waals surface area contributed by atoms with E-state index in [1.54, 1.807) is 0 Å². The van der Waals surface area contributed by atoms with Crippen molar-refractivity contribution >= 4 is 0 Å². The van der Waals surface area contributed by atoms with E-state index in [0.29, 0.717) is 12.0 Å². The van der Waals surface area contributed by atoms with Crippen LogP contribution in [-0.2, 0) is 0 Å². The van der Waals surface area contributed by atoms with Crippen LogP contribution < -0.4 is 5.32 Å². The first-order chi connectivity index (χ1) is 9.58. The molecule has 0 radical (unpaired) electrons. The van der Waals surface area contributed by atoms with Crippen molar-refractivity contribution in [3.63, 3.8) is 0 Å². The Morgan fingerprint density at radius 2 is 2.10 bits per heavy atom. The molecule has 20 heavy (non-hydrogen) atoms. The highest BCUT2D eigenvalue weighted by Gasteiger charge is 2.31. The Morgan fingerprint density at radius 1 is 1.40 bits per heavy atom. The van der Waals surface area contributed by atoms with Crippen molar-refractivity contribution in [2.75, 3.05) is 26.7 Å². The third kappa shape index (κ3) is 3.60. The van der Waals surface area contributed by atoms with Crippen LogP contribution in [0.15, 0.2) is 30.3 Å². The molecular weight excluding hydrogens is 248 g/mol. The quantitative estimate of drug-likeness (QED) is 0.836. The van der Waals surface area contributed by atoms with Gasteiger partial charge in [0.2, 0.25) is 0 Å². The number of rotatable bonds is 6. The number of nitrogens with zero attached hydrogens (tertiary/aromatic N) is 1. The van der Waals surface area contributed by atoms with Gasteiger partial charge in [-0.1, -0.05) is 30.3 Å². The zero-order valence-corrected chi connectivity index (χ0v) is 13.0. The summed E-state index contributed by atoms with van der Waals surface area (Å²) in [5, 5.41) is 12.8. The summed E-state index contributed by atoms with van der Waals surface area (Å²) in [5.41, 5.74) is 1.28. The molecule has 3 atom stereocenters. The van der Waals surface area contributed by atoms with Crippen LogP contribution in [-0.4, -0.2) is 48.3 Å². The Balaban J connectivity index is 1.92. The first kappa shape index (κ1) is 15.5. The number of aliphatic hydroxyl groups is 1. The van der Waals surface area contributed by atoms with Crippen molar-refractivity contribution in [2.45, 2.75) is 44.2 Å². The van der Waals surface area contributed by atoms with Crippen LogP contribution in [0, 0.1) is 0 Å². The summed E-state index contributed by atoms with van der Waals surface area (Å²) >= 11 is 0. The minimum atomic E-state index is -0.176. The zero-order chi connectivity index (χ0) is 14.6. The molecule has 1 heterocycles. The van der Waals surface area contributed by atoms with E-state index < -0.39 is 0 Å². The largest absolute Gasteiger partial charge is 0.394 e. The minimum Gasteiger partial charge on any atom is -0.394 e. The van der Waals surface area contributed by atoms with Crippen molar-refractivity contribution in [1.82, 2.24) is 10.2 Å². The molecule has 112 valence electrons. The van der Waals surface area contributed by atoms with Crippen LogP contribution in [0.4, 0.5) is 0 Å². The summed E-state index contributed by atoms with van der Waals surface area (Å²) in [7, 11) is 1.93. The molecule has 1 aromatic carbocycles. The highest BCUT2D eigenvalue weighted by molar-refractivity contribution is 5.21. The second-order valence-electron chi connectivity index (χ2n) is 6.41. The topological polar surface area (TPSA) is 35.5 Å². The summed E-state index contributed by atoms with van der Waals surface area (Å²) in [6, 6.07) is 11.3. The van der Waals surface area contributed by atoms with Gasteiger partial charge in [0.05, 0.1) is 6.61 Å². The maximum Gasteiger partial charge on any atom is 0.0611 e. The van der Waals surface area contributed by atoms with Gasteiger partial charge in [-0.2, -0.15) is 0 Å². The molecule has 1 saturated heterocycles. The second kappa shape index (κ2) is 6.70. The van der Waals surface area contributed by atoms with Crippen LogP contribution in [0.3, 0.4) is 0 Å². The fraction of sp³-hybridized carbons (Fsp3) is 0.647. The summed E-state index contributed by atoms with van der Waals surface area (Å²) in [6.07, 6.45) is 2.21. The Morgan fingerprint density at radius 3 is 2.70 bits per heavy atom. The number of nitrogens with one attached hydrogen (secondary N) is 1. The molecule has 1 aromatic rings. The van der Waals surface area contributed by atoms with E-state index in [9.17, 15) is 5.11 Å². The number of hydrogen-bond donors (Lipinski definition) is 2. The molecule has 1 aliphatic rings. The van der Waals surface area contributed by atoms with E-state index in [-0.39, 0.29) is 12.1 Å². The molecule has 2 rings (SSSR count).